The number of amides is 1. The molecule has 3 aromatic carbocycles. The highest BCUT2D eigenvalue weighted by atomic mass is 32.1. The summed E-state index contributed by atoms with van der Waals surface area (Å²) in [6.45, 7) is -0.286. The van der Waals surface area contributed by atoms with Crippen LogP contribution in [0.15, 0.2) is 95.7 Å². The molecule has 1 unspecified atom stereocenters. The Morgan fingerprint density at radius 3 is 2.35 bits per heavy atom. The zero-order valence-corrected chi connectivity index (χ0v) is 21.4. The van der Waals surface area contributed by atoms with Gasteiger partial charge in [0.25, 0.3) is 5.91 Å². The van der Waals surface area contributed by atoms with Gasteiger partial charge in [-0.25, -0.2) is 0 Å². The highest BCUT2D eigenvalue weighted by molar-refractivity contribution is 7.08. The molecule has 0 bridgehead atoms. The minimum atomic E-state index is -0.984. The molecule has 1 atom stereocenters. The number of aliphatic carboxylic acids is 1. The molecule has 37 heavy (non-hydrogen) atoms. The molecular weight excluding hydrogens is 482 g/mol. The molecule has 5 nitrogen and oxygen atoms in total. The predicted octanol–water partition coefficient (Wildman–Crippen LogP) is 7.28. The lowest BCUT2D eigenvalue weighted by atomic mass is 10.1. The van der Waals surface area contributed by atoms with Crippen molar-refractivity contribution in [2.24, 2.45) is 0 Å². The van der Waals surface area contributed by atoms with E-state index >= 15 is 0 Å². The number of hydrogen-bond acceptors (Lipinski definition) is 4. The number of unbranched alkanes of at least 4 members (excludes halogenated alkanes) is 2. The number of carboxylic acid groups (broad SMARTS) is 1. The monoisotopic (exact) mass is 514 g/mol. The summed E-state index contributed by atoms with van der Waals surface area (Å²) < 4.78 is 15.2. The molecule has 0 saturated carbocycles. The first-order chi connectivity index (χ1) is 18.5. The second kappa shape index (κ2) is 13.4. The van der Waals surface area contributed by atoms with Crippen molar-refractivity contribution in [1.29, 1.82) is 0 Å². The Morgan fingerprint density at radius 2 is 1.62 bits per heavy atom. The first-order valence-electron chi connectivity index (χ1n) is 12.9. The summed E-state index contributed by atoms with van der Waals surface area (Å²) in [6, 6.07) is 26.6. The van der Waals surface area contributed by atoms with Crippen LogP contribution >= 0.6 is 11.3 Å². The molecule has 0 radical (unpaired) electrons. The van der Waals surface area contributed by atoms with Crippen LogP contribution in [0.2, 0.25) is 0 Å². The zero-order valence-electron chi connectivity index (χ0n) is 21.6. The van der Waals surface area contributed by atoms with Gasteiger partial charge in [0.15, 0.2) is 0 Å². The Hall–Kier alpha value is -3.90. The minimum Gasteiger partial charge on any atom is -0.493 e. The lowest BCUT2D eigenvalue weighted by molar-refractivity contribution is -0.137. The van der Waals surface area contributed by atoms with Gasteiger partial charge in [-0.2, -0.15) is 11.3 Å². The maximum absolute atomic E-state index is 13.8. The number of benzene rings is 3. The molecule has 4 aromatic rings. The number of nitrogens with zero attached hydrogens (tertiary/aromatic N) is 1. The third-order valence-corrected chi connectivity index (χ3v) is 6.63. The molecule has 0 spiro atoms. The van der Waals surface area contributed by atoms with Crippen LogP contribution in [0.3, 0.4) is 0 Å². The number of hydrogen-bond donors (Lipinski definition) is 1. The first kappa shape index (κ1) is 24.8. The zero-order chi connectivity index (χ0) is 26.7. The summed E-state index contributed by atoms with van der Waals surface area (Å²) >= 11 is 1.63. The summed E-state index contributed by atoms with van der Waals surface area (Å²) in [5.41, 5.74) is 4.22. The number of rotatable bonds is 13. The second-order valence-electron chi connectivity index (χ2n) is 8.73. The van der Waals surface area contributed by atoms with Gasteiger partial charge in [-0.05, 0) is 71.0 Å². The summed E-state index contributed by atoms with van der Waals surface area (Å²) in [5.74, 6) is -0.462. The normalized spacial score (nSPS) is 11.9. The largest absolute Gasteiger partial charge is 0.493 e. The van der Waals surface area contributed by atoms with Crippen molar-refractivity contribution < 1.29 is 20.8 Å². The van der Waals surface area contributed by atoms with E-state index in [4.69, 9.17) is 11.2 Å². The fourth-order valence-electron chi connectivity index (χ4n) is 3.98. The quantitative estimate of drug-likeness (QED) is 0.190. The van der Waals surface area contributed by atoms with Crippen LogP contribution in [0, 0.1) is 0 Å². The van der Waals surface area contributed by atoms with E-state index in [1.54, 1.807) is 16.2 Å². The third-order valence-electron chi connectivity index (χ3n) is 5.95. The number of thiophene rings is 1. The summed E-state index contributed by atoms with van der Waals surface area (Å²) in [4.78, 5) is 26.1. The van der Waals surface area contributed by atoms with Gasteiger partial charge >= 0.3 is 5.97 Å². The topological polar surface area (TPSA) is 66.8 Å². The van der Waals surface area contributed by atoms with Crippen molar-refractivity contribution in [1.82, 2.24) is 4.90 Å². The van der Waals surface area contributed by atoms with Crippen LogP contribution in [0.25, 0.3) is 11.1 Å². The summed E-state index contributed by atoms with van der Waals surface area (Å²) in [6.07, 6.45) is 2.22. The van der Waals surface area contributed by atoms with E-state index in [1.165, 1.54) is 0 Å². The van der Waals surface area contributed by atoms with Crippen molar-refractivity contribution >= 4 is 23.2 Å². The third kappa shape index (κ3) is 7.79. The van der Waals surface area contributed by atoms with E-state index in [-0.39, 0.29) is 18.9 Å². The predicted molar refractivity (Wildman–Crippen MR) is 148 cm³/mol. The standard InChI is InChI=1S/C31H31NO4S/c33-30(34)13-5-2-8-19-36-29-12-7-6-11-27(29)22-32(21-24-9-3-1-4-10-24)31(35)26-16-14-25(15-17-26)28-18-20-37-23-28/h1,3-4,6-7,9-12,14-18,20,23H,2,5,8,13,19,21-22H2,(H,33,34)/i22D. The number of para-hydroxylation sites is 1. The second-order valence-corrected chi connectivity index (χ2v) is 9.51. The lowest BCUT2D eigenvalue weighted by Crippen LogP contribution is -2.30. The molecule has 0 aliphatic rings. The molecule has 4 rings (SSSR count). The minimum absolute atomic E-state index is 0.149. The molecule has 0 aliphatic heterocycles. The molecule has 1 heterocycles. The van der Waals surface area contributed by atoms with E-state index < -0.39 is 12.5 Å². The number of carbonyl (C=O) groups is 2. The van der Waals surface area contributed by atoms with Crippen molar-refractivity contribution in [2.75, 3.05) is 6.61 Å². The Balaban J connectivity index is 1.53. The number of carbonyl (C=O) groups excluding carboxylic acids is 1. The molecule has 190 valence electrons. The van der Waals surface area contributed by atoms with Crippen LogP contribution in [-0.4, -0.2) is 28.5 Å². The van der Waals surface area contributed by atoms with Gasteiger partial charge in [-0.3, -0.25) is 9.59 Å². The number of ether oxygens (including phenoxy) is 1. The van der Waals surface area contributed by atoms with E-state index in [2.05, 4.69) is 5.38 Å². The molecule has 6 heteroatoms. The van der Waals surface area contributed by atoms with Crippen LogP contribution in [0.5, 0.6) is 5.75 Å². The van der Waals surface area contributed by atoms with Crippen LogP contribution in [0.4, 0.5) is 0 Å². The van der Waals surface area contributed by atoms with E-state index in [0.29, 0.717) is 36.3 Å². The number of carboxylic acids is 1. The van der Waals surface area contributed by atoms with Crippen LogP contribution in [0.1, 0.15) is 48.5 Å². The van der Waals surface area contributed by atoms with Gasteiger partial charge in [0.05, 0.1) is 7.98 Å². The van der Waals surface area contributed by atoms with Crippen molar-refractivity contribution in [3.63, 3.8) is 0 Å². The Bertz CT molecular complexity index is 1310. The molecule has 0 aliphatic carbocycles. The molecule has 0 fully saturated rings. The maximum atomic E-state index is 13.8. The van der Waals surface area contributed by atoms with Gasteiger partial charge in [0.1, 0.15) is 5.75 Å². The molecule has 0 saturated heterocycles. The fraction of sp³-hybridized carbons (Fsp3) is 0.226. The van der Waals surface area contributed by atoms with Crippen molar-refractivity contribution in [3.8, 4) is 16.9 Å². The van der Waals surface area contributed by atoms with E-state index in [0.717, 1.165) is 23.1 Å². The van der Waals surface area contributed by atoms with Crippen LogP contribution in [-0.2, 0) is 17.9 Å². The summed E-state index contributed by atoms with van der Waals surface area (Å²) in [5, 5.41) is 12.9. The van der Waals surface area contributed by atoms with Gasteiger partial charge in [-0.1, -0.05) is 60.7 Å². The molecular formula is C31H31NO4S. The molecule has 1 N–H and O–H groups in total. The first-order valence-corrected chi connectivity index (χ1v) is 13.3. The van der Waals surface area contributed by atoms with Gasteiger partial charge in [0.2, 0.25) is 0 Å². The average Bonchev–Trinajstić information content (AvgIpc) is 3.49. The Kier molecular flexibility index (Phi) is 8.99. The van der Waals surface area contributed by atoms with Crippen LogP contribution < -0.4 is 4.74 Å². The van der Waals surface area contributed by atoms with Crippen molar-refractivity contribution in [3.05, 3.63) is 112 Å². The molecule has 1 amide bonds. The molecule has 1 aromatic heterocycles. The van der Waals surface area contributed by atoms with Crippen molar-refractivity contribution in [2.45, 2.75) is 38.7 Å². The fourth-order valence-corrected chi connectivity index (χ4v) is 4.64. The average molecular weight is 515 g/mol. The van der Waals surface area contributed by atoms with Gasteiger partial charge in [-0.15, -0.1) is 0 Å². The Labute approximate surface area is 223 Å². The summed E-state index contributed by atoms with van der Waals surface area (Å²) in [7, 11) is 0. The maximum Gasteiger partial charge on any atom is 0.303 e. The highest BCUT2D eigenvalue weighted by Gasteiger charge is 2.19. The SMILES string of the molecule is [2H]C(c1ccccc1OCCCCCC(=O)O)N(Cc1ccccc1)C(=O)c1ccc(-c2ccsc2)cc1. The van der Waals surface area contributed by atoms with Gasteiger partial charge in [0, 0.05) is 30.6 Å². The van der Waals surface area contributed by atoms with E-state index in [1.807, 2.05) is 90.3 Å². The van der Waals surface area contributed by atoms with Gasteiger partial charge < -0.3 is 14.7 Å². The highest BCUT2D eigenvalue weighted by Crippen LogP contribution is 2.25. The Morgan fingerprint density at radius 1 is 0.865 bits per heavy atom. The smallest absolute Gasteiger partial charge is 0.303 e. The lowest BCUT2D eigenvalue weighted by Gasteiger charge is -2.24. The van der Waals surface area contributed by atoms with E-state index in [9.17, 15) is 9.59 Å².